The Morgan fingerprint density at radius 1 is 0.422 bits per heavy atom. The van der Waals surface area contributed by atoms with E-state index >= 15 is 0 Å². The van der Waals surface area contributed by atoms with Crippen molar-refractivity contribution >= 4 is 11.9 Å². The molecule has 0 rings (SSSR count). The molecule has 6 heteroatoms. The van der Waals surface area contributed by atoms with E-state index in [2.05, 4.69) is 31.3 Å². The molecule has 1 amide bonds. The number of hydrogen-bond donors (Lipinski definition) is 3. The van der Waals surface area contributed by atoms with Crippen LogP contribution in [0.1, 0.15) is 309 Å². The molecule has 6 nitrogen and oxygen atoms in total. The van der Waals surface area contributed by atoms with E-state index in [4.69, 9.17) is 4.74 Å². The summed E-state index contributed by atoms with van der Waals surface area (Å²) in [5.41, 5.74) is 0. The van der Waals surface area contributed by atoms with Crippen molar-refractivity contribution in [3.05, 3.63) is 24.3 Å². The molecule has 3 N–H and O–H groups in total. The number of aliphatic hydroxyl groups is 2. The highest BCUT2D eigenvalue weighted by atomic mass is 16.5. The van der Waals surface area contributed by atoms with E-state index in [9.17, 15) is 19.8 Å². The minimum Gasteiger partial charge on any atom is -0.466 e. The smallest absolute Gasteiger partial charge is 0.305 e. The van der Waals surface area contributed by atoms with Crippen LogP contribution in [0.15, 0.2) is 24.3 Å². The Hall–Kier alpha value is -1.66. The molecule has 0 aliphatic rings. The van der Waals surface area contributed by atoms with E-state index in [0.717, 1.165) is 64.2 Å². The lowest BCUT2D eigenvalue weighted by Crippen LogP contribution is -2.45. The number of ether oxygens (including phenoxy) is 1. The molecule has 0 saturated heterocycles. The molecule has 2 atom stereocenters. The number of carbonyl (C=O) groups excluding carboxylic acids is 2. The van der Waals surface area contributed by atoms with Crippen molar-refractivity contribution in [3.8, 4) is 0 Å². The highest BCUT2D eigenvalue weighted by Gasteiger charge is 2.18. The quantitative estimate of drug-likeness (QED) is 0.0321. The molecule has 2 unspecified atom stereocenters. The van der Waals surface area contributed by atoms with Gasteiger partial charge < -0.3 is 20.3 Å². The summed E-state index contributed by atoms with van der Waals surface area (Å²) in [4.78, 5) is 24.5. The number of amides is 1. The van der Waals surface area contributed by atoms with Crippen molar-refractivity contribution < 1.29 is 24.5 Å². The van der Waals surface area contributed by atoms with Crippen molar-refractivity contribution in [3.63, 3.8) is 0 Å². The molecule has 0 heterocycles. The third kappa shape index (κ3) is 49.8. The third-order valence-corrected chi connectivity index (χ3v) is 13.2. The summed E-state index contributed by atoms with van der Waals surface area (Å²) in [7, 11) is 0. The monoisotopic (exact) mass is 902 g/mol. The van der Waals surface area contributed by atoms with Gasteiger partial charge in [-0.2, -0.15) is 0 Å². The summed E-state index contributed by atoms with van der Waals surface area (Å²) >= 11 is 0. The van der Waals surface area contributed by atoms with E-state index in [1.165, 1.54) is 218 Å². The summed E-state index contributed by atoms with van der Waals surface area (Å²) in [6.07, 6.45) is 64.8. The van der Waals surface area contributed by atoms with Gasteiger partial charge in [-0.25, -0.2) is 0 Å². The fourth-order valence-electron chi connectivity index (χ4n) is 8.81. The molecule has 378 valence electrons. The molecular weight excluding hydrogens is 791 g/mol. The van der Waals surface area contributed by atoms with Gasteiger partial charge in [0.2, 0.25) is 5.91 Å². The summed E-state index contributed by atoms with van der Waals surface area (Å²) < 4.78 is 5.48. The summed E-state index contributed by atoms with van der Waals surface area (Å²) in [5.74, 6) is -0.0842. The molecule has 0 aromatic rings. The van der Waals surface area contributed by atoms with Crippen molar-refractivity contribution in [2.75, 3.05) is 13.2 Å². The highest BCUT2D eigenvalue weighted by Crippen LogP contribution is 2.17. The van der Waals surface area contributed by atoms with E-state index in [1.54, 1.807) is 6.08 Å². The van der Waals surface area contributed by atoms with Gasteiger partial charge in [0.05, 0.1) is 25.4 Å². The third-order valence-electron chi connectivity index (χ3n) is 13.2. The van der Waals surface area contributed by atoms with E-state index in [-0.39, 0.29) is 18.5 Å². The first-order chi connectivity index (χ1) is 31.5. The van der Waals surface area contributed by atoms with Gasteiger partial charge in [0.1, 0.15) is 0 Å². The highest BCUT2D eigenvalue weighted by molar-refractivity contribution is 5.76. The largest absolute Gasteiger partial charge is 0.466 e. The Bertz CT molecular complexity index is 997. The molecule has 0 saturated carbocycles. The lowest BCUT2D eigenvalue weighted by molar-refractivity contribution is -0.143. The van der Waals surface area contributed by atoms with Crippen LogP contribution in [0.2, 0.25) is 0 Å². The van der Waals surface area contributed by atoms with E-state index < -0.39 is 12.1 Å². The Balaban J connectivity index is 3.45. The minimum absolute atomic E-state index is 0.000472. The molecular formula is C58H111NO5. The van der Waals surface area contributed by atoms with Gasteiger partial charge >= 0.3 is 5.97 Å². The van der Waals surface area contributed by atoms with Crippen molar-refractivity contribution in [2.24, 2.45) is 0 Å². The Morgan fingerprint density at radius 3 is 1.11 bits per heavy atom. The van der Waals surface area contributed by atoms with Crippen LogP contribution in [0.5, 0.6) is 0 Å². The fraction of sp³-hybridized carbons (Fsp3) is 0.897. The van der Waals surface area contributed by atoms with Crippen LogP contribution in [0, 0.1) is 0 Å². The number of esters is 1. The zero-order chi connectivity index (χ0) is 46.5. The van der Waals surface area contributed by atoms with Crippen LogP contribution in [0.25, 0.3) is 0 Å². The average Bonchev–Trinajstić information content (AvgIpc) is 3.29. The Labute approximate surface area is 399 Å². The molecule has 0 fully saturated rings. The standard InChI is InChI=1S/C58H111NO5/c1-3-5-7-9-11-13-15-17-18-19-20-24-28-32-36-40-44-48-52-58(63)64-53-49-45-41-37-33-29-25-22-21-23-27-31-35-39-43-47-51-57(62)59-55(54-60)56(61)50-46-42-38-34-30-26-16-14-12-10-8-6-4-2/h21,23,46,50,55-56,60-61H,3-20,22,24-45,47-49,51-54H2,1-2H3,(H,59,62)/b23-21-,50-46+. The van der Waals surface area contributed by atoms with Crippen LogP contribution < -0.4 is 5.32 Å². The van der Waals surface area contributed by atoms with Gasteiger partial charge in [-0.05, 0) is 57.8 Å². The predicted molar refractivity (Wildman–Crippen MR) is 278 cm³/mol. The molecule has 0 aromatic heterocycles. The van der Waals surface area contributed by atoms with E-state index in [0.29, 0.717) is 19.4 Å². The van der Waals surface area contributed by atoms with Gasteiger partial charge in [0.25, 0.3) is 0 Å². The van der Waals surface area contributed by atoms with Crippen LogP contribution in [-0.2, 0) is 14.3 Å². The molecule has 0 spiro atoms. The van der Waals surface area contributed by atoms with Crippen LogP contribution in [0.3, 0.4) is 0 Å². The van der Waals surface area contributed by atoms with Crippen LogP contribution in [-0.4, -0.2) is 47.4 Å². The second-order valence-corrected chi connectivity index (χ2v) is 19.6. The number of unbranched alkanes of at least 4 members (excludes halogenated alkanes) is 40. The van der Waals surface area contributed by atoms with Gasteiger partial charge in [0.15, 0.2) is 0 Å². The Morgan fingerprint density at radius 2 is 0.734 bits per heavy atom. The van der Waals surface area contributed by atoms with Crippen molar-refractivity contribution in [1.29, 1.82) is 0 Å². The average molecular weight is 903 g/mol. The van der Waals surface area contributed by atoms with Gasteiger partial charge in [-0.3, -0.25) is 9.59 Å². The number of allylic oxidation sites excluding steroid dienone is 3. The number of aliphatic hydroxyl groups excluding tert-OH is 2. The normalized spacial score (nSPS) is 12.8. The molecule has 0 radical (unpaired) electrons. The fourth-order valence-corrected chi connectivity index (χ4v) is 8.81. The van der Waals surface area contributed by atoms with Crippen LogP contribution >= 0.6 is 0 Å². The lowest BCUT2D eigenvalue weighted by atomic mass is 10.0. The second-order valence-electron chi connectivity index (χ2n) is 19.6. The zero-order valence-electron chi connectivity index (χ0n) is 43.0. The second kappa shape index (κ2) is 54.0. The molecule has 0 aliphatic carbocycles. The number of carbonyl (C=O) groups is 2. The maximum absolute atomic E-state index is 12.4. The van der Waals surface area contributed by atoms with Gasteiger partial charge in [0, 0.05) is 12.8 Å². The Kier molecular flexibility index (Phi) is 52.6. The summed E-state index contributed by atoms with van der Waals surface area (Å²) in [5, 5.41) is 23.0. The molecule has 0 aromatic carbocycles. The van der Waals surface area contributed by atoms with Crippen molar-refractivity contribution in [2.45, 2.75) is 321 Å². The maximum Gasteiger partial charge on any atom is 0.305 e. The minimum atomic E-state index is -0.854. The number of rotatable bonds is 53. The maximum atomic E-state index is 12.4. The summed E-state index contributed by atoms with van der Waals surface area (Å²) in [6, 6.07) is -0.639. The van der Waals surface area contributed by atoms with Gasteiger partial charge in [-0.1, -0.05) is 263 Å². The SMILES string of the molecule is CCCCCCCCCCCCC/C=C/C(O)C(CO)NC(=O)CCCCCCC/C=C\CCCCCCCCCOC(=O)CCCCCCCCCCCCCCCCCCCC. The topological polar surface area (TPSA) is 95.9 Å². The molecule has 0 bridgehead atoms. The van der Waals surface area contributed by atoms with Crippen molar-refractivity contribution in [1.82, 2.24) is 5.32 Å². The molecule has 0 aliphatic heterocycles. The first-order valence-corrected chi connectivity index (χ1v) is 28.6. The summed E-state index contributed by atoms with van der Waals surface area (Å²) in [6.45, 7) is 4.89. The van der Waals surface area contributed by atoms with Gasteiger partial charge in [-0.15, -0.1) is 0 Å². The van der Waals surface area contributed by atoms with Crippen LogP contribution in [0.4, 0.5) is 0 Å². The number of nitrogens with one attached hydrogen (secondary N) is 1. The van der Waals surface area contributed by atoms with E-state index in [1.807, 2.05) is 6.08 Å². The zero-order valence-corrected chi connectivity index (χ0v) is 43.0. The lowest BCUT2D eigenvalue weighted by Gasteiger charge is -2.20. The first kappa shape index (κ1) is 62.3. The predicted octanol–water partition coefficient (Wildman–Crippen LogP) is 17.5. The first-order valence-electron chi connectivity index (χ1n) is 28.6. The molecule has 64 heavy (non-hydrogen) atoms. The number of hydrogen-bond acceptors (Lipinski definition) is 5.